The highest BCUT2D eigenvalue weighted by molar-refractivity contribution is 5.81. The summed E-state index contributed by atoms with van der Waals surface area (Å²) in [4.78, 5) is 2.91. The van der Waals surface area contributed by atoms with Crippen molar-refractivity contribution in [2.45, 2.75) is 25.4 Å². The van der Waals surface area contributed by atoms with E-state index in [0.717, 1.165) is 19.4 Å². The molecular formula is C12H12N4. The number of hydrogen-bond donors (Lipinski definition) is 0. The molecule has 0 amide bonds. The molecule has 1 atom stereocenters. The van der Waals surface area contributed by atoms with Crippen LogP contribution in [-0.4, -0.2) is 10.6 Å². The van der Waals surface area contributed by atoms with E-state index in [0.29, 0.717) is 0 Å². The highest BCUT2D eigenvalue weighted by Crippen LogP contribution is 2.26. The molecule has 2 heterocycles. The Labute approximate surface area is 93.1 Å². The number of azide groups is 1. The van der Waals surface area contributed by atoms with Gasteiger partial charge in [-0.25, -0.2) is 0 Å². The normalized spacial score (nSPS) is 19.1. The van der Waals surface area contributed by atoms with E-state index in [-0.39, 0.29) is 6.04 Å². The Kier molecular flexibility index (Phi) is 2.08. The zero-order valence-corrected chi connectivity index (χ0v) is 8.87. The lowest BCUT2D eigenvalue weighted by molar-refractivity contribution is 0.468. The fraction of sp³-hybridized carbons (Fsp3) is 0.333. The average Bonchev–Trinajstić information content (AvgIpc) is 2.68. The summed E-state index contributed by atoms with van der Waals surface area (Å²) in [6.45, 7) is 0.812. The Morgan fingerprint density at radius 3 is 3.12 bits per heavy atom. The summed E-state index contributed by atoms with van der Waals surface area (Å²) >= 11 is 0. The first-order chi connectivity index (χ1) is 7.88. The van der Waals surface area contributed by atoms with E-state index in [4.69, 9.17) is 5.53 Å². The summed E-state index contributed by atoms with van der Waals surface area (Å²) in [6.07, 6.45) is 1.96. The third-order valence-corrected chi connectivity index (χ3v) is 3.24. The van der Waals surface area contributed by atoms with E-state index in [1.54, 1.807) is 0 Å². The van der Waals surface area contributed by atoms with Gasteiger partial charge in [-0.2, -0.15) is 0 Å². The maximum absolute atomic E-state index is 8.48. The SMILES string of the molecule is [N-]=[N+]=NC1CCc2cc3ccccc3n2C1. The van der Waals surface area contributed by atoms with Gasteiger partial charge in [0, 0.05) is 22.7 Å². The number of para-hydroxylation sites is 1. The molecule has 2 aromatic rings. The molecular weight excluding hydrogens is 200 g/mol. The van der Waals surface area contributed by atoms with Crippen molar-refractivity contribution in [3.05, 3.63) is 46.5 Å². The first-order valence-corrected chi connectivity index (χ1v) is 5.50. The zero-order chi connectivity index (χ0) is 11.0. The quantitative estimate of drug-likeness (QED) is 0.396. The van der Waals surface area contributed by atoms with E-state index in [9.17, 15) is 0 Å². The van der Waals surface area contributed by atoms with Crippen molar-refractivity contribution in [2.24, 2.45) is 5.11 Å². The van der Waals surface area contributed by atoms with Gasteiger partial charge in [0.05, 0.1) is 6.04 Å². The molecule has 16 heavy (non-hydrogen) atoms. The molecule has 0 saturated heterocycles. The second kappa shape index (κ2) is 3.58. The summed E-state index contributed by atoms with van der Waals surface area (Å²) < 4.78 is 2.28. The number of fused-ring (bicyclic) bond motifs is 3. The minimum absolute atomic E-state index is 0.105. The first kappa shape index (κ1) is 9.31. The lowest BCUT2D eigenvalue weighted by Crippen LogP contribution is -2.22. The number of aromatic nitrogens is 1. The van der Waals surface area contributed by atoms with Crippen LogP contribution in [0.2, 0.25) is 0 Å². The summed E-state index contributed by atoms with van der Waals surface area (Å²) in [5, 5.41) is 5.11. The third kappa shape index (κ3) is 1.35. The van der Waals surface area contributed by atoms with Crippen LogP contribution in [0.25, 0.3) is 21.3 Å². The number of aryl methyl sites for hydroxylation is 1. The molecule has 1 aromatic carbocycles. The molecule has 1 aromatic heterocycles. The molecule has 80 valence electrons. The van der Waals surface area contributed by atoms with Crippen LogP contribution in [0.5, 0.6) is 0 Å². The van der Waals surface area contributed by atoms with Crippen LogP contribution in [0.4, 0.5) is 0 Å². The second-order valence-electron chi connectivity index (χ2n) is 4.20. The molecule has 1 unspecified atom stereocenters. The Morgan fingerprint density at radius 1 is 1.38 bits per heavy atom. The molecule has 4 nitrogen and oxygen atoms in total. The van der Waals surface area contributed by atoms with E-state index in [1.807, 2.05) is 6.07 Å². The molecule has 0 radical (unpaired) electrons. The molecule has 0 aliphatic carbocycles. The fourth-order valence-corrected chi connectivity index (χ4v) is 2.47. The van der Waals surface area contributed by atoms with Crippen molar-refractivity contribution >= 4 is 10.9 Å². The molecule has 0 saturated carbocycles. The summed E-state index contributed by atoms with van der Waals surface area (Å²) in [5.74, 6) is 0. The lowest BCUT2D eigenvalue weighted by atomic mass is 10.1. The predicted octanol–water partition coefficient (Wildman–Crippen LogP) is 3.27. The largest absolute Gasteiger partial charge is 0.344 e. The van der Waals surface area contributed by atoms with Crippen molar-refractivity contribution in [3.8, 4) is 0 Å². The van der Waals surface area contributed by atoms with Gasteiger partial charge in [0.25, 0.3) is 0 Å². The van der Waals surface area contributed by atoms with Crippen molar-refractivity contribution < 1.29 is 0 Å². The van der Waals surface area contributed by atoms with Crippen LogP contribution in [0, 0.1) is 0 Å². The van der Waals surface area contributed by atoms with Gasteiger partial charge < -0.3 is 4.57 Å². The number of nitrogens with zero attached hydrogens (tertiary/aromatic N) is 4. The van der Waals surface area contributed by atoms with Crippen LogP contribution in [-0.2, 0) is 13.0 Å². The van der Waals surface area contributed by atoms with Crippen LogP contribution < -0.4 is 0 Å². The number of rotatable bonds is 1. The van der Waals surface area contributed by atoms with Crippen LogP contribution in [0.15, 0.2) is 35.4 Å². The smallest absolute Gasteiger partial charge is 0.0557 e. The molecule has 0 spiro atoms. The summed E-state index contributed by atoms with van der Waals surface area (Å²) in [6, 6.07) is 10.7. The number of benzene rings is 1. The third-order valence-electron chi connectivity index (χ3n) is 3.24. The van der Waals surface area contributed by atoms with Crippen molar-refractivity contribution in [1.29, 1.82) is 0 Å². The van der Waals surface area contributed by atoms with Gasteiger partial charge in [0.1, 0.15) is 0 Å². The predicted molar refractivity (Wildman–Crippen MR) is 63.2 cm³/mol. The van der Waals surface area contributed by atoms with Crippen molar-refractivity contribution in [2.75, 3.05) is 0 Å². The van der Waals surface area contributed by atoms with E-state index >= 15 is 0 Å². The standard InChI is InChI=1S/C12H12N4/c13-15-14-10-5-6-11-7-9-3-1-2-4-12(9)16(11)8-10/h1-4,7,10H,5-6,8H2. The molecule has 4 heteroatoms. The average molecular weight is 212 g/mol. The Bertz CT molecular complexity index is 578. The molecule has 0 N–H and O–H groups in total. The van der Waals surface area contributed by atoms with Crippen LogP contribution >= 0.6 is 0 Å². The van der Waals surface area contributed by atoms with Gasteiger partial charge >= 0.3 is 0 Å². The van der Waals surface area contributed by atoms with Crippen molar-refractivity contribution in [1.82, 2.24) is 4.57 Å². The maximum atomic E-state index is 8.48. The Hall–Kier alpha value is -1.93. The molecule has 0 fully saturated rings. The van der Waals surface area contributed by atoms with Gasteiger partial charge in [-0.3, -0.25) is 0 Å². The zero-order valence-electron chi connectivity index (χ0n) is 8.87. The minimum atomic E-state index is 0.105. The Balaban J connectivity index is 2.11. The van der Waals surface area contributed by atoms with E-state index in [2.05, 4.69) is 38.9 Å². The van der Waals surface area contributed by atoms with E-state index < -0.39 is 0 Å². The Morgan fingerprint density at radius 2 is 2.25 bits per heavy atom. The maximum Gasteiger partial charge on any atom is 0.0557 e. The van der Waals surface area contributed by atoms with E-state index in [1.165, 1.54) is 16.6 Å². The van der Waals surface area contributed by atoms with Gasteiger partial charge in [0.15, 0.2) is 0 Å². The number of hydrogen-bond acceptors (Lipinski definition) is 1. The highest BCUT2D eigenvalue weighted by atomic mass is 15.2. The fourth-order valence-electron chi connectivity index (χ4n) is 2.47. The molecule has 3 rings (SSSR count). The monoisotopic (exact) mass is 212 g/mol. The molecule has 0 bridgehead atoms. The highest BCUT2D eigenvalue weighted by Gasteiger charge is 2.18. The lowest BCUT2D eigenvalue weighted by Gasteiger charge is -2.21. The first-order valence-electron chi connectivity index (χ1n) is 5.50. The van der Waals surface area contributed by atoms with Gasteiger partial charge in [-0.05, 0) is 35.9 Å². The van der Waals surface area contributed by atoms with Gasteiger partial charge in [-0.1, -0.05) is 23.3 Å². The second-order valence-corrected chi connectivity index (χ2v) is 4.20. The summed E-state index contributed by atoms with van der Waals surface area (Å²) in [5.41, 5.74) is 11.1. The van der Waals surface area contributed by atoms with Crippen molar-refractivity contribution in [3.63, 3.8) is 0 Å². The minimum Gasteiger partial charge on any atom is -0.344 e. The van der Waals surface area contributed by atoms with Crippen LogP contribution in [0.3, 0.4) is 0 Å². The topological polar surface area (TPSA) is 53.7 Å². The van der Waals surface area contributed by atoms with Crippen LogP contribution in [0.1, 0.15) is 12.1 Å². The molecule has 1 aliphatic rings. The van der Waals surface area contributed by atoms with Gasteiger partial charge in [-0.15, -0.1) is 0 Å². The summed E-state index contributed by atoms with van der Waals surface area (Å²) in [7, 11) is 0. The van der Waals surface area contributed by atoms with Gasteiger partial charge in [0.2, 0.25) is 0 Å². The molecule has 1 aliphatic heterocycles.